The molecule has 0 radical (unpaired) electrons. The van der Waals surface area contributed by atoms with Crippen LogP contribution in [0.5, 0.6) is 0 Å². The van der Waals surface area contributed by atoms with Gasteiger partial charge in [0.25, 0.3) is 5.56 Å². The van der Waals surface area contributed by atoms with Crippen molar-refractivity contribution in [3.05, 3.63) is 57.0 Å². The molecule has 0 aliphatic rings. The molecule has 22 heavy (non-hydrogen) atoms. The van der Waals surface area contributed by atoms with Gasteiger partial charge >= 0.3 is 5.97 Å². The van der Waals surface area contributed by atoms with E-state index in [1.54, 1.807) is 20.9 Å². The maximum atomic E-state index is 13.3. The Bertz CT molecular complexity index is 778. The largest absolute Gasteiger partial charge is 0.462 e. The van der Waals surface area contributed by atoms with Crippen molar-refractivity contribution in [1.82, 2.24) is 9.36 Å². The molecule has 2 rings (SSSR count). The Hall–Kier alpha value is -2.44. The molecule has 0 saturated heterocycles. The number of halogens is 2. The first-order chi connectivity index (χ1) is 10.4. The average Bonchev–Trinajstić information content (AvgIpc) is 2.67. The Morgan fingerprint density at radius 2 is 1.95 bits per heavy atom. The Morgan fingerprint density at radius 3 is 2.55 bits per heavy atom. The lowest BCUT2D eigenvalue weighted by atomic mass is 10.2. The molecule has 0 amide bonds. The maximum absolute atomic E-state index is 13.3. The van der Waals surface area contributed by atoms with Gasteiger partial charge in [0.2, 0.25) is 0 Å². The smallest absolute Gasteiger partial charge is 0.345 e. The summed E-state index contributed by atoms with van der Waals surface area (Å²) in [5.74, 6) is -2.63. The van der Waals surface area contributed by atoms with E-state index in [2.05, 4.69) is 0 Å². The zero-order chi connectivity index (χ0) is 16.4. The zero-order valence-electron chi connectivity index (χ0n) is 12.5. The van der Waals surface area contributed by atoms with Gasteiger partial charge in [-0.15, -0.1) is 0 Å². The summed E-state index contributed by atoms with van der Waals surface area (Å²) in [6.45, 7) is 3.45. The van der Waals surface area contributed by atoms with Crippen LogP contribution in [0.1, 0.15) is 28.5 Å². The van der Waals surface area contributed by atoms with E-state index in [1.165, 1.54) is 15.4 Å². The Labute approximate surface area is 125 Å². The Morgan fingerprint density at radius 1 is 1.27 bits per heavy atom. The summed E-state index contributed by atoms with van der Waals surface area (Å²) in [7, 11) is 1.61. The van der Waals surface area contributed by atoms with Gasteiger partial charge in [0.1, 0.15) is 5.56 Å². The average molecular weight is 310 g/mol. The van der Waals surface area contributed by atoms with Crippen LogP contribution in [0, 0.1) is 18.6 Å². The standard InChI is InChI=1S/C15H16F2N2O3/c1-4-22-15(21)13-9(2)18(3)19(14(13)20)8-10-5-6-11(16)12(17)7-10/h5-7H,4,8H2,1-3H3. The lowest BCUT2D eigenvalue weighted by molar-refractivity contribution is 0.0523. The molecular formula is C15H16F2N2O3. The van der Waals surface area contributed by atoms with Crippen molar-refractivity contribution in [2.45, 2.75) is 20.4 Å². The van der Waals surface area contributed by atoms with Gasteiger partial charge in [0.05, 0.1) is 18.8 Å². The summed E-state index contributed by atoms with van der Waals surface area (Å²) in [6, 6.07) is 3.41. The first-order valence-corrected chi connectivity index (χ1v) is 6.74. The number of aromatic nitrogens is 2. The van der Waals surface area contributed by atoms with Crippen molar-refractivity contribution in [1.29, 1.82) is 0 Å². The first-order valence-electron chi connectivity index (χ1n) is 6.74. The summed E-state index contributed by atoms with van der Waals surface area (Å²) in [5.41, 5.74) is 0.290. The van der Waals surface area contributed by atoms with Gasteiger partial charge in [0.15, 0.2) is 11.6 Å². The molecule has 0 spiro atoms. The molecule has 0 aliphatic carbocycles. The molecule has 5 nitrogen and oxygen atoms in total. The van der Waals surface area contributed by atoms with Crippen molar-refractivity contribution in [3.63, 3.8) is 0 Å². The third kappa shape index (κ3) is 2.79. The van der Waals surface area contributed by atoms with E-state index in [-0.39, 0.29) is 18.7 Å². The summed E-state index contributed by atoms with van der Waals surface area (Å²) < 4.78 is 33.8. The van der Waals surface area contributed by atoms with Crippen molar-refractivity contribution in [3.8, 4) is 0 Å². The van der Waals surface area contributed by atoms with Gasteiger partial charge in [0, 0.05) is 7.05 Å². The third-order valence-electron chi connectivity index (χ3n) is 3.45. The third-order valence-corrected chi connectivity index (χ3v) is 3.45. The summed E-state index contributed by atoms with van der Waals surface area (Å²) in [5, 5.41) is 0. The molecule has 0 fully saturated rings. The van der Waals surface area contributed by atoms with Crippen molar-refractivity contribution >= 4 is 5.97 Å². The number of hydrogen-bond donors (Lipinski definition) is 0. The van der Waals surface area contributed by atoms with Gasteiger partial charge in [-0.2, -0.15) is 0 Å². The minimum atomic E-state index is -0.984. The number of benzene rings is 1. The topological polar surface area (TPSA) is 53.2 Å². The number of carbonyl (C=O) groups is 1. The number of rotatable bonds is 4. The molecule has 1 aromatic carbocycles. The second-order valence-corrected chi connectivity index (χ2v) is 4.82. The van der Waals surface area contributed by atoms with E-state index in [0.29, 0.717) is 11.3 Å². The molecule has 0 N–H and O–H groups in total. The predicted octanol–water partition coefficient (Wildman–Crippen LogP) is 2.00. The van der Waals surface area contributed by atoms with E-state index in [9.17, 15) is 18.4 Å². The lowest BCUT2D eigenvalue weighted by Gasteiger charge is -2.08. The van der Waals surface area contributed by atoms with Crippen molar-refractivity contribution in [2.75, 3.05) is 6.61 Å². The predicted molar refractivity (Wildman–Crippen MR) is 75.8 cm³/mol. The number of ether oxygens (including phenoxy) is 1. The fourth-order valence-electron chi connectivity index (χ4n) is 2.19. The van der Waals surface area contributed by atoms with E-state index in [4.69, 9.17) is 4.74 Å². The zero-order valence-corrected chi connectivity index (χ0v) is 12.5. The molecule has 0 aliphatic heterocycles. The molecule has 1 heterocycles. The van der Waals surface area contributed by atoms with Gasteiger partial charge in [-0.05, 0) is 31.5 Å². The Balaban J connectivity index is 2.44. The van der Waals surface area contributed by atoms with E-state index < -0.39 is 23.2 Å². The highest BCUT2D eigenvalue weighted by molar-refractivity contribution is 5.90. The minimum Gasteiger partial charge on any atom is -0.462 e. The van der Waals surface area contributed by atoms with Crippen LogP contribution in [-0.2, 0) is 18.3 Å². The number of hydrogen-bond acceptors (Lipinski definition) is 3. The van der Waals surface area contributed by atoms with Crippen LogP contribution in [0.3, 0.4) is 0 Å². The highest BCUT2D eigenvalue weighted by Gasteiger charge is 2.22. The van der Waals surface area contributed by atoms with E-state index in [1.807, 2.05) is 0 Å². The summed E-state index contributed by atoms with van der Waals surface area (Å²) in [6.07, 6.45) is 0. The molecule has 118 valence electrons. The van der Waals surface area contributed by atoms with Crippen molar-refractivity contribution in [2.24, 2.45) is 7.05 Å². The van der Waals surface area contributed by atoms with Crippen LogP contribution in [0.15, 0.2) is 23.0 Å². The fraction of sp³-hybridized carbons (Fsp3) is 0.333. The van der Waals surface area contributed by atoms with Crippen LogP contribution in [0.25, 0.3) is 0 Å². The number of carbonyl (C=O) groups excluding carboxylic acids is 1. The fourth-order valence-corrected chi connectivity index (χ4v) is 2.19. The van der Waals surface area contributed by atoms with Crippen LogP contribution in [-0.4, -0.2) is 21.9 Å². The van der Waals surface area contributed by atoms with Gasteiger partial charge in [-0.25, -0.2) is 18.3 Å². The second kappa shape index (κ2) is 6.13. The quantitative estimate of drug-likeness (QED) is 0.812. The molecule has 1 aromatic heterocycles. The van der Waals surface area contributed by atoms with E-state index >= 15 is 0 Å². The lowest BCUT2D eigenvalue weighted by Crippen LogP contribution is -2.25. The highest BCUT2D eigenvalue weighted by atomic mass is 19.2. The Kier molecular flexibility index (Phi) is 4.44. The van der Waals surface area contributed by atoms with Gasteiger partial charge in [-0.3, -0.25) is 9.48 Å². The van der Waals surface area contributed by atoms with Crippen molar-refractivity contribution < 1.29 is 18.3 Å². The summed E-state index contributed by atoms with van der Waals surface area (Å²) >= 11 is 0. The molecule has 0 atom stereocenters. The molecule has 7 heteroatoms. The van der Waals surface area contributed by atoms with Crippen LogP contribution >= 0.6 is 0 Å². The van der Waals surface area contributed by atoms with Gasteiger partial charge < -0.3 is 4.74 Å². The van der Waals surface area contributed by atoms with Crippen LogP contribution in [0.2, 0.25) is 0 Å². The maximum Gasteiger partial charge on any atom is 0.345 e. The van der Waals surface area contributed by atoms with Crippen LogP contribution < -0.4 is 5.56 Å². The second-order valence-electron chi connectivity index (χ2n) is 4.82. The van der Waals surface area contributed by atoms with Gasteiger partial charge in [-0.1, -0.05) is 6.07 Å². The molecule has 0 bridgehead atoms. The minimum absolute atomic E-state index is 0.0206. The van der Waals surface area contributed by atoms with Crippen LogP contribution in [0.4, 0.5) is 8.78 Å². The molecule has 0 unspecified atom stereocenters. The normalized spacial score (nSPS) is 10.8. The monoisotopic (exact) mass is 310 g/mol. The highest BCUT2D eigenvalue weighted by Crippen LogP contribution is 2.11. The first kappa shape index (κ1) is 15.9. The molecule has 0 saturated carbocycles. The number of nitrogens with zero attached hydrogens (tertiary/aromatic N) is 2. The molecular weight excluding hydrogens is 294 g/mol. The van der Waals surface area contributed by atoms with E-state index in [0.717, 1.165) is 12.1 Å². The summed E-state index contributed by atoms with van der Waals surface area (Å²) in [4.78, 5) is 24.2. The SMILES string of the molecule is CCOC(=O)c1c(C)n(C)n(Cc2ccc(F)c(F)c2)c1=O. The number of esters is 1. The molecule has 2 aromatic rings.